The first kappa shape index (κ1) is 12.0. The van der Waals surface area contributed by atoms with Gasteiger partial charge in [-0.05, 0) is 31.6 Å². The molecule has 0 radical (unpaired) electrons. The number of hydrazine groups is 1. The average Bonchev–Trinajstić information content (AvgIpc) is 2.69. The third-order valence-corrected chi connectivity index (χ3v) is 4.65. The van der Waals surface area contributed by atoms with Crippen molar-refractivity contribution >= 4 is 11.3 Å². The molecule has 1 fully saturated rings. The quantitative estimate of drug-likeness (QED) is 0.630. The van der Waals surface area contributed by atoms with Crippen molar-refractivity contribution in [3.05, 3.63) is 16.1 Å². The Kier molecular flexibility index (Phi) is 3.95. The van der Waals surface area contributed by atoms with Crippen LogP contribution in [0.3, 0.4) is 0 Å². The molecule has 0 aliphatic heterocycles. The number of thiazole rings is 1. The van der Waals surface area contributed by atoms with E-state index in [9.17, 15) is 0 Å². The van der Waals surface area contributed by atoms with E-state index in [2.05, 4.69) is 17.3 Å². The van der Waals surface area contributed by atoms with Crippen LogP contribution in [0.5, 0.6) is 0 Å². The summed E-state index contributed by atoms with van der Waals surface area (Å²) in [6.45, 7) is 4.39. The largest absolute Gasteiger partial charge is 0.271 e. The Balaban J connectivity index is 2.05. The normalized spacial score (nSPS) is 27.9. The highest BCUT2D eigenvalue weighted by atomic mass is 32.1. The zero-order valence-corrected chi connectivity index (χ0v) is 10.9. The van der Waals surface area contributed by atoms with E-state index in [1.54, 1.807) is 11.3 Å². The zero-order valence-electron chi connectivity index (χ0n) is 10.1. The molecule has 3 N–H and O–H groups in total. The average molecular weight is 239 g/mol. The lowest BCUT2D eigenvalue weighted by molar-refractivity contribution is 0.234. The van der Waals surface area contributed by atoms with Crippen molar-refractivity contribution in [1.82, 2.24) is 10.4 Å². The monoisotopic (exact) mass is 239 g/mol. The fraction of sp³-hybridized carbons (Fsp3) is 0.750. The van der Waals surface area contributed by atoms with Crippen LogP contribution in [0.4, 0.5) is 0 Å². The molecular weight excluding hydrogens is 218 g/mol. The van der Waals surface area contributed by atoms with Gasteiger partial charge in [-0.2, -0.15) is 0 Å². The Morgan fingerprint density at radius 2 is 2.12 bits per heavy atom. The molecule has 1 aromatic heterocycles. The number of aryl methyl sites for hydroxylation is 1. The van der Waals surface area contributed by atoms with Gasteiger partial charge in [-0.1, -0.05) is 19.8 Å². The maximum atomic E-state index is 5.71. The van der Waals surface area contributed by atoms with Crippen molar-refractivity contribution in [1.29, 1.82) is 0 Å². The van der Waals surface area contributed by atoms with E-state index in [4.69, 9.17) is 5.84 Å². The van der Waals surface area contributed by atoms with Crippen LogP contribution in [0.1, 0.15) is 48.5 Å². The molecule has 16 heavy (non-hydrogen) atoms. The van der Waals surface area contributed by atoms with Crippen LogP contribution in [0.15, 0.2) is 6.20 Å². The summed E-state index contributed by atoms with van der Waals surface area (Å²) >= 11 is 1.76. The van der Waals surface area contributed by atoms with Crippen LogP contribution in [0.25, 0.3) is 0 Å². The van der Waals surface area contributed by atoms with Crippen molar-refractivity contribution in [2.45, 2.75) is 45.6 Å². The summed E-state index contributed by atoms with van der Waals surface area (Å²) in [6.07, 6.45) is 7.21. The molecule has 0 amide bonds. The van der Waals surface area contributed by atoms with Crippen LogP contribution >= 0.6 is 11.3 Å². The highest BCUT2D eigenvalue weighted by molar-refractivity contribution is 7.11. The van der Waals surface area contributed by atoms with Crippen LogP contribution in [-0.2, 0) is 0 Å². The Bertz CT molecular complexity index is 329. The molecule has 1 aliphatic carbocycles. The highest BCUT2D eigenvalue weighted by Gasteiger charge is 2.27. The molecule has 4 heteroatoms. The molecule has 1 heterocycles. The minimum Gasteiger partial charge on any atom is -0.271 e. The topological polar surface area (TPSA) is 50.9 Å². The standard InChI is InChI=1S/C12H21N3S/c1-8-3-5-10(6-4-8)12(15-13)11-7-14-9(2)16-11/h7-8,10,12,15H,3-6,13H2,1-2H3. The first-order chi connectivity index (χ1) is 7.70. The van der Waals surface area contributed by atoms with E-state index in [-0.39, 0.29) is 0 Å². The first-order valence-electron chi connectivity index (χ1n) is 6.09. The lowest BCUT2D eigenvalue weighted by Gasteiger charge is -2.31. The van der Waals surface area contributed by atoms with Gasteiger partial charge in [0.1, 0.15) is 0 Å². The third-order valence-electron chi connectivity index (χ3n) is 3.66. The number of rotatable bonds is 3. The maximum absolute atomic E-state index is 5.71. The van der Waals surface area contributed by atoms with Crippen molar-refractivity contribution in [3.63, 3.8) is 0 Å². The number of nitrogens with one attached hydrogen (secondary N) is 1. The second-order valence-corrected chi connectivity index (χ2v) is 6.21. The highest BCUT2D eigenvalue weighted by Crippen LogP contribution is 2.37. The molecule has 1 atom stereocenters. The molecule has 3 nitrogen and oxygen atoms in total. The van der Waals surface area contributed by atoms with Gasteiger partial charge in [0.2, 0.25) is 0 Å². The summed E-state index contributed by atoms with van der Waals surface area (Å²) in [4.78, 5) is 5.61. The predicted molar refractivity (Wildman–Crippen MR) is 68.0 cm³/mol. The lowest BCUT2D eigenvalue weighted by Crippen LogP contribution is -2.34. The zero-order chi connectivity index (χ0) is 11.5. The van der Waals surface area contributed by atoms with Crippen molar-refractivity contribution in [2.24, 2.45) is 17.7 Å². The van der Waals surface area contributed by atoms with Gasteiger partial charge in [0.15, 0.2) is 0 Å². The molecule has 1 aliphatic rings. The van der Waals surface area contributed by atoms with E-state index >= 15 is 0 Å². The number of nitrogens with zero attached hydrogens (tertiary/aromatic N) is 1. The van der Waals surface area contributed by atoms with Gasteiger partial charge < -0.3 is 0 Å². The predicted octanol–water partition coefficient (Wildman–Crippen LogP) is 2.78. The Morgan fingerprint density at radius 3 is 2.62 bits per heavy atom. The second-order valence-electron chi connectivity index (χ2n) is 4.95. The molecular formula is C12H21N3S. The van der Waals surface area contributed by atoms with Gasteiger partial charge in [0, 0.05) is 11.1 Å². The molecule has 1 unspecified atom stereocenters. The summed E-state index contributed by atoms with van der Waals surface area (Å²) in [5.41, 5.74) is 2.99. The molecule has 90 valence electrons. The lowest BCUT2D eigenvalue weighted by atomic mass is 9.79. The SMILES string of the molecule is Cc1ncc(C(NN)C2CCC(C)CC2)s1. The van der Waals surface area contributed by atoms with E-state index in [1.807, 2.05) is 13.1 Å². The molecule has 1 aromatic rings. The van der Waals surface area contributed by atoms with Crippen molar-refractivity contribution in [2.75, 3.05) is 0 Å². The minimum absolute atomic E-state index is 0.304. The summed E-state index contributed by atoms with van der Waals surface area (Å²) in [5, 5.41) is 1.12. The van der Waals surface area contributed by atoms with Gasteiger partial charge >= 0.3 is 0 Å². The van der Waals surface area contributed by atoms with E-state index in [1.165, 1.54) is 30.6 Å². The van der Waals surface area contributed by atoms with E-state index in [0.29, 0.717) is 12.0 Å². The van der Waals surface area contributed by atoms with Gasteiger partial charge in [-0.3, -0.25) is 11.3 Å². The maximum Gasteiger partial charge on any atom is 0.0897 e. The second kappa shape index (κ2) is 5.25. The van der Waals surface area contributed by atoms with Gasteiger partial charge in [0.05, 0.1) is 11.0 Å². The summed E-state index contributed by atoms with van der Waals surface area (Å²) in [6, 6.07) is 0.304. The van der Waals surface area contributed by atoms with Gasteiger partial charge in [-0.15, -0.1) is 11.3 Å². The van der Waals surface area contributed by atoms with Gasteiger partial charge in [0.25, 0.3) is 0 Å². The first-order valence-corrected chi connectivity index (χ1v) is 6.90. The third kappa shape index (κ3) is 2.62. The van der Waals surface area contributed by atoms with Crippen molar-refractivity contribution in [3.8, 4) is 0 Å². The van der Waals surface area contributed by atoms with Crippen LogP contribution < -0.4 is 11.3 Å². The van der Waals surface area contributed by atoms with E-state index < -0.39 is 0 Å². The number of aromatic nitrogens is 1. The van der Waals surface area contributed by atoms with Crippen LogP contribution in [0.2, 0.25) is 0 Å². The Hall–Kier alpha value is -0.450. The minimum atomic E-state index is 0.304. The molecule has 0 aromatic carbocycles. The summed E-state index contributed by atoms with van der Waals surface area (Å²) < 4.78 is 0. The fourth-order valence-corrected chi connectivity index (χ4v) is 3.53. The molecule has 1 saturated carbocycles. The smallest absolute Gasteiger partial charge is 0.0897 e. The van der Waals surface area contributed by atoms with E-state index in [0.717, 1.165) is 10.9 Å². The Labute approximate surface area is 101 Å². The molecule has 0 bridgehead atoms. The molecule has 0 saturated heterocycles. The number of hydrogen-bond acceptors (Lipinski definition) is 4. The van der Waals surface area contributed by atoms with Crippen LogP contribution in [-0.4, -0.2) is 4.98 Å². The van der Waals surface area contributed by atoms with Crippen molar-refractivity contribution < 1.29 is 0 Å². The van der Waals surface area contributed by atoms with Crippen LogP contribution in [0, 0.1) is 18.8 Å². The van der Waals surface area contributed by atoms with Gasteiger partial charge in [-0.25, -0.2) is 4.98 Å². The summed E-state index contributed by atoms with van der Waals surface area (Å²) in [7, 11) is 0. The summed E-state index contributed by atoms with van der Waals surface area (Å²) in [5.74, 6) is 7.28. The Morgan fingerprint density at radius 1 is 1.44 bits per heavy atom. The molecule has 0 spiro atoms. The fourth-order valence-electron chi connectivity index (χ4n) is 2.59. The number of nitrogens with two attached hydrogens (primary N) is 1. The molecule has 2 rings (SSSR count). The number of hydrogen-bond donors (Lipinski definition) is 2.